The summed E-state index contributed by atoms with van der Waals surface area (Å²) in [5.41, 5.74) is 3.40. The number of benzene rings is 2. The summed E-state index contributed by atoms with van der Waals surface area (Å²) in [6, 6.07) is 16.9. The number of nitriles is 1. The maximum atomic E-state index is 13.6. The molecule has 5 rings (SSSR count). The molecule has 3 aromatic rings. The molecule has 3 heterocycles. The first-order chi connectivity index (χ1) is 15.7. The Balaban J connectivity index is 1.24. The lowest BCUT2D eigenvalue weighted by Gasteiger charge is -2.43. The van der Waals surface area contributed by atoms with Crippen molar-refractivity contribution in [2.75, 3.05) is 49.6 Å². The Morgan fingerprint density at radius 1 is 1.00 bits per heavy atom. The van der Waals surface area contributed by atoms with Crippen LogP contribution in [0, 0.1) is 17.1 Å². The summed E-state index contributed by atoms with van der Waals surface area (Å²) in [5, 5.41) is 12.4. The van der Waals surface area contributed by atoms with Gasteiger partial charge in [0, 0.05) is 49.2 Å². The van der Waals surface area contributed by atoms with Crippen molar-refractivity contribution in [3.8, 4) is 17.3 Å². The first-order valence-corrected chi connectivity index (χ1v) is 10.7. The lowest BCUT2D eigenvalue weighted by molar-refractivity contribution is -0.0660. The number of hydrogen-bond acceptors (Lipinski definition) is 7. The van der Waals surface area contributed by atoms with Crippen LogP contribution in [0.25, 0.3) is 11.3 Å². The molecule has 1 aromatic heterocycles. The van der Waals surface area contributed by atoms with Gasteiger partial charge < -0.3 is 15.0 Å². The van der Waals surface area contributed by atoms with E-state index in [0.29, 0.717) is 23.1 Å². The molecule has 0 atom stereocenters. The molecular weight excluding hydrogens is 407 g/mol. The summed E-state index contributed by atoms with van der Waals surface area (Å²) in [6.07, 6.45) is 1.45. The number of halogens is 1. The van der Waals surface area contributed by atoms with Crippen LogP contribution in [-0.2, 0) is 4.74 Å². The Bertz CT molecular complexity index is 1130. The number of nitrogens with one attached hydrogen (secondary N) is 1. The Morgan fingerprint density at radius 2 is 1.78 bits per heavy atom. The van der Waals surface area contributed by atoms with E-state index in [1.165, 1.54) is 24.1 Å². The van der Waals surface area contributed by atoms with Gasteiger partial charge in [-0.15, -0.1) is 0 Å². The van der Waals surface area contributed by atoms with Crippen molar-refractivity contribution >= 4 is 17.2 Å². The third-order valence-corrected chi connectivity index (χ3v) is 6.01. The van der Waals surface area contributed by atoms with Crippen molar-refractivity contribution < 1.29 is 9.13 Å². The van der Waals surface area contributed by atoms with Crippen molar-refractivity contribution in [1.29, 1.82) is 5.26 Å². The molecule has 0 saturated carbocycles. The smallest absolute Gasteiger partial charge is 0.140 e. The molecule has 7 nitrogen and oxygen atoms in total. The van der Waals surface area contributed by atoms with Gasteiger partial charge in [0.05, 0.1) is 30.5 Å². The van der Waals surface area contributed by atoms with Crippen molar-refractivity contribution in [3.05, 3.63) is 66.2 Å². The van der Waals surface area contributed by atoms with Gasteiger partial charge in [-0.3, -0.25) is 4.90 Å². The lowest BCUT2D eigenvalue weighted by Crippen LogP contribution is -2.56. The van der Waals surface area contributed by atoms with Crippen molar-refractivity contribution in [2.45, 2.75) is 6.04 Å². The molecular formula is C24H23FN6O. The fraction of sp³-hybridized carbons (Fsp3) is 0.292. The van der Waals surface area contributed by atoms with E-state index in [1.807, 2.05) is 18.2 Å². The number of piperazine rings is 1. The lowest BCUT2D eigenvalue weighted by atomic mass is 10.1. The average Bonchev–Trinajstić information content (AvgIpc) is 2.80. The van der Waals surface area contributed by atoms with Gasteiger partial charge in [0.15, 0.2) is 0 Å². The normalized spacial score (nSPS) is 16.9. The molecule has 0 spiro atoms. The molecule has 2 aromatic carbocycles. The maximum Gasteiger partial charge on any atom is 0.140 e. The number of aromatic nitrogens is 2. The zero-order chi connectivity index (χ0) is 21.9. The number of ether oxygens (including phenoxy) is 1. The monoisotopic (exact) mass is 430 g/mol. The number of anilines is 3. The molecule has 2 aliphatic rings. The second-order valence-electron chi connectivity index (χ2n) is 7.98. The van der Waals surface area contributed by atoms with Crippen LogP contribution in [0.5, 0.6) is 0 Å². The third kappa shape index (κ3) is 4.26. The van der Waals surface area contributed by atoms with Gasteiger partial charge >= 0.3 is 0 Å². The zero-order valence-corrected chi connectivity index (χ0v) is 17.5. The quantitative estimate of drug-likeness (QED) is 0.665. The van der Waals surface area contributed by atoms with Crippen molar-refractivity contribution in [1.82, 2.24) is 14.9 Å². The highest BCUT2D eigenvalue weighted by molar-refractivity contribution is 5.67. The summed E-state index contributed by atoms with van der Waals surface area (Å²) in [7, 11) is 0. The average molecular weight is 430 g/mol. The molecule has 162 valence electrons. The highest BCUT2D eigenvalue weighted by atomic mass is 19.1. The Hall–Kier alpha value is -3.54. The Labute approximate surface area is 186 Å². The molecule has 0 radical (unpaired) electrons. The number of rotatable bonds is 5. The maximum absolute atomic E-state index is 13.6. The van der Waals surface area contributed by atoms with E-state index in [9.17, 15) is 4.39 Å². The van der Waals surface area contributed by atoms with Gasteiger partial charge in [-0.25, -0.2) is 14.4 Å². The molecule has 2 aliphatic heterocycles. The molecule has 0 bridgehead atoms. The van der Waals surface area contributed by atoms with Gasteiger partial charge in [-0.2, -0.15) is 5.26 Å². The fourth-order valence-corrected chi connectivity index (χ4v) is 4.04. The molecule has 1 N–H and O–H groups in total. The van der Waals surface area contributed by atoms with Crippen LogP contribution >= 0.6 is 0 Å². The van der Waals surface area contributed by atoms with Gasteiger partial charge in [-0.05, 0) is 42.5 Å². The van der Waals surface area contributed by atoms with Gasteiger partial charge in [0.1, 0.15) is 24.0 Å². The summed E-state index contributed by atoms with van der Waals surface area (Å²) in [6.45, 7) is 5.89. The first kappa shape index (κ1) is 20.4. The summed E-state index contributed by atoms with van der Waals surface area (Å²) in [4.78, 5) is 13.5. The second kappa shape index (κ2) is 8.91. The van der Waals surface area contributed by atoms with Crippen molar-refractivity contribution in [2.24, 2.45) is 0 Å². The van der Waals surface area contributed by atoms with E-state index < -0.39 is 5.82 Å². The Morgan fingerprint density at radius 3 is 2.47 bits per heavy atom. The summed E-state index contributed by atoms with van der Waals surface area (Å²) >= 11 is 0. The number of nitrogens with zero attached hydrogens (tertiary/aromatic N) is 5. The first-order valence-electron chi connectivity index (χ1n) is 10.7. The molecule has 2 fully saturated rings. The second-order valence-corrected chi connectivity index (χ2v) is 7.98. The van der Waals surface area contributed by atoms with E-state index >= 15 is 0 Å². The van der Waals surface area contributed by atoms with Gasteiger partial charge in [0.2, 0.25) is 0 Å². The van der Waals surface area contributed by atoms with E-state index in [2.05, 4.69) is 37.2 Å². The van der Waals surface area contributed by atoms with Crippen LogP contribution in [0.3, 0.4) is 0 Å². The zero-order valence-electron chi connectivity index (χ0n) is 17.5. The van der Waals surface area contributed by atoms with Crippen LogP contribution in [0.2, 0.25) is 0 Å². The molecule has 8 heteroatoms. The van der Waals surface area contributed by atoms with Crippen LogP contribution < -0.4 is 10.2 Å². The minimum atomic E-state index is -0.540. The van der Waals surface area contributed by atoms with Crippen LogP contribution in [0.1, 0.15) is 5.56 Å². The van der Waals surface area contributed by atoms with Crippen LogP contribution in [-0.4, -0.2) is 60.3 Å². The third-order valence-electron chi connectivity index (χ3n) is 6.01. The standard InChI is InChI=1S/C24H23FN6O/c25-22-6-1-17(11-18(22)13-26)23-12-24(28-16-27-23)29-19-2-4-20(5-3-19)30-7-9-31(10-8-30)21-14-32-15-21/h1-6,11-12,16,21H,7-10,14-15H2,(H,27,28,29). The van der Waals surface area contributed by atoms with E-state index in [-0.39, 0.29) is 5.56 Å². The highest BCUT2D eigenvalue weighted by Crippen LogP contribution is 2.25. The van der Waals surface area contributed by atoms with Crippen LogP contribution in [0.15, 0.2) is 54.9 Å². The molecule has 32 heavy (non-hydrogen) atoms. The molecule has 0 aliphatic carbocycles. The number of hydrogen-bond donors (Lipinski definition) is 1. The van der Waals surface area contributed by atoms with E-state index in [4.69, 9.17) is 10.00 Å². The topological polar surface area (TPSA) is 77.3 Å². The van der Waals surface area contributed by atoms with E-state index in [1.54, 1.807) is 12.1 Å². The van der Waals surface area contributed by atoms with Crippen LogP contribution in [0.4, 0.5) is 21.6 Å². The highest BCUT2D eigenvalue weighted by Gasteiger charge is 2.28. The largest absolute Gasteiger partial charge is 0.378 e. The SMILES string of the molecule is N#Cc1cc(-c2cc(Nc3ccc(N4CCN(C5COC5)CC4)cc3)ncn2)ccc1F. The summed E-state index contributed by atoms with van der Waals surface area (Å²) in [5.74, 6) is 0.0872. The van der Waals surface area contributed by atoms with E-state index in [0.717, 1.165) is 45.1 Å². The minimum absolute atomic E-state index is 0.00642. The molecule has 0 amide bonds. The summed E-state index contributed by atoms with van der Waals surface area (Å²) < 4.78 is 18.9. The Kier molecular flexibility index (Phi) is 5.67. The van der Waals surface area contributed by atoms with Gasteiger partial charge in [0.25, 0.3) is 0 Å². The molecule has 0 unspecified atom stereocenters. The van der Waals surface area contributed by atoms with Gasteiger partial charge in [-0.1, -0.05) is 0 Å². The predicted octanol–water partition coefficient (Wildman–Crippen LogP) is 3.42. The minimum Gasteiger partial charge on any atom is -0.378 e. The molecule has 2 saturated heterocycles. The predicted molar refractivity (Wildman–Crippen MR) is 120 cm³/mol. The van der Waals surface area contributed by atoms with Crippen molar-refractivity contribution in [3.63, 3.8) is 0 Å². The fourth-order valence-electron chi connectivity index (χ4n) is 4.04.